The Kier molecular flexibility index (Phi) is 13.8. The molecule has 0 saturated carbocycles. The van der Waals surface area contributed by atoms with E-state index in [2.05, 4.69) is 58.5 Å². The summed E-state index contributed by atoms with van der Waals surface area (Å²) in [5.41, 5.74) is 0.879. The molecule has 0 aliphatic rings. The number of hydrogen-bond acceptors (Lipinski definition) is 4. The Bertz CT molecular complexity index is 598. The predicted octanol–water partition coefficient (Wildman–Crippen LogP) is 3.01. The highest BCUT2D eigenvalue weighted by atomic mass is 127. The van der Waals surface area contributed by atoms with E-state index < -0.39 is 0 Å². The Labute approximate surface area is 187 Å². The molecule has 7 nitrogen and oxygen atoms in total. The van der Waals surface area contributed by atoms with E-state index in [1.165, 1.54) is 0 Å². The highest BCUT2D eigenvalue weighted by molar-refractivity contribution is 14.0. The number of carbonyl (C=O) groups excluding carboxylic acids is 1. The number of anilines is 1. The van der Waals surface area contributed by atoms with Crippen molar-refractivity contribution in [1.82, 2.24) is 20.5 Å². The second-order valence-electron chi connectivity index (χ2n) is 7.17. The smallest absolute Gasteiger partial charge is 0.227 e. The zero-order valence-corrected chi connectivity index (χ0v) is 20.4. The molecule has 0 atom stereocenters. The van der Waals surface area contributed by atoms with Crippen LogP contribution in [-0.4, -0.2) is 60.5 Å². The highest BCUT2D eigenvalue weighted by Crippen LogP contribution is 2.05. The van der Waals surface area contributed by atoms with E-state index in [0.717, 1.165) is 31.2 Å². The third kappa shape index (κ3) is 10.8. The number of nitrogens with zero attached hydrogens (tertiary/aromatic N) is 3. The first kappa shape index (κ1) is 26.6. The molecule has 1 rings (SSSR count). The van der Waals surface area contributed by atoms with Gasteiger partial charge in [0.15, 0.2) is 5.96 Å². The normalized spacial score (nSPS) is 11.5. The Balaban J connectivity index is 0.00000729. The van der Waals surface area contributed by atoms with Crippen LogP contribution in [0.3, 0.4) is 0 Å². The van der Waals surface area contributed by atoms with Gasteiger partial charge in [0.25, 0.3) is 0 Å². The van der Waals surface area contributed by atoms with Crippen LogP contribution in [-0.2, 0) is 4.79 Å². The third-order valence-electron chi connectivity index (χ3n) is 4.24. The summed E-state index contributed by atoms with van der Waals surface area (Å²) in [5.74, 6) is 1.24. The summed E-state index contributed by atoms with van der Waals surface area (Å²) < 4.78 is 0. The maximum atomic E-state index is 12.0. The van der Waals surface area contributed by atoms with Crippen LogP contribution in [0.15, 0.2) is 23.2 Å². The molecule has 1 aromatic rings. The standard InChI is InChI=1S/C20H36N6O.HI/c1-15(2)26(16(3)4)14-8-12-22-20(21-6)23-13-11-19(27)25-18-10-7-9-17(5)24-18;/h7,9-10,15-16H,8,11-14H2,1-6H3,(H2,21,22,23)(H,24,25,27);1H. The number of halogens is 1. The van der Waals surface area contributed by atoms with Crippen molar-refractivity contribution >= 4 is 41.7 Å². The molecule has 1 heterocycles. The zero-order chi connectivity index (χ0) is 20.2. The van der Waals surface area contributed by atoms with Gasteiger partial charge in [-0.15, -0.1) is 24.0 Å². The van der Waals surface area contributed by atoms with Crippen molar-refractivity contribution in [2.45, 2.75) is 59.5 Å². The number of nitrogens with one attached hydrogen (secondary N) is 3. The van der Waals surface area contributed by atoms with E-state index in [-0.39, 0.29) is 29.9 Å². The van der Waals surface area contributed by atoms with Crippen molar-refractivity contribution < 1.29 is 4.79 Å². The minimum Gasteiger partial charge on any atom is -0.356 e. The molecule has 0 spiro atoms. The molecule has 0 saturated heterocycles. The van der Waals surface area contributed by atoms with E-state index in [4.69, 9.17) is 0 Å². The first-order chi connectivity index (χ1) is 12.8. The maximum Gasteiger partial charge on any atom is 0.227 e. The number of aliphatic imine (C=N–C) groups is 1. The van der Waals surface area contributed by atoms with Crippen molar-refractivity contribution in [2.75, 3.05) is 32.0 Å². The van der Waals surface area contributed by atoms with Crippen molar-refractivity contribution in [3.63, 3.8) is 0 Å². The largest absolute Gasteiger partial charge is 0.356 e. The van der Waals surface area contributed by atoms with Gasteiger partial charge >= 0.3 is 0 Å². The molecule has 0 bridgehead atoms. The zero-order valence-electron chi connectivity index (χ0n) is 18.1. The summed E-state index contributed by atoms with van der Waals surface area (Å²) >= 11 is 0. The molecule has 0 aliphatic carbocycles. The molecule has 1 aromatic heterocycles. The molecule has 28 heavy (non-hydrogen) atoms. The number of aromatic nitrogens is 1. The van der Waals surface area contributed by atoms with Crippen molar-refractivity contribution in [1.29, 1.82) is 0 Å². The van der Waals surface area contributed by atoms with Gasteiger partial charge in [-0.3, -0.25) is 14.7 Å². The number of amides is 1. The van der Waals surface area contributed by atoms with Gasteiger partial charge in [-0.2, -0.15) is 0 Å². The Morgan fingerprint density at radius 3 is 2.36 bits per heavy atom. The average molecular weight is 504 g/mol. The molecular weight excluding hydrogens is 467 g/mol. The summed E-state index contributed by atoms with van der Waals surface area (Å²) in [6, 6.07) is 6.65. The van der Waals surface area contributed by atoms with Crippen LogP contribution in [0, 0.1) is 6.92 Å². The second-order valence-corrected chi connectivity index (χ2v) is 7.17. The lowest BCUT2D eigenvalue weighted by Crippen LogP contribution is -2.41. The molecule has 1 amide bonds. The van der Waals surface area contributed by atoms with Gasteiger partial charge in [0.2, 0.25) is 5.91 Å². The quantitative estimate of drug-likeness (QED) is 0.198. The highest BCUT2D eigenvalue weighted by Gasteiger charge is 2.12. The van der Waals surface area contributed by atoms with E-state index in [1.54, 1.807) is 13.1 Å². The van der Waals surface area contributed by atoms with Gasteiger partial charge in [0.05, 0.1) is 0 Å². The number of guanidine groups is 1. The summed E-state index contributed by atoms with van der Waals surface area (Å²) in [7, 11) is 1.74. The number of rotatable bonds is 10. The van der Waals surface area contributed by atoms with Gasteiger partial charge in [-0.1, -0.05) is 6.07 Å². The van der Waals surface area contributed by atoms with Gasteiger partial charge in [-0.25, -0.2) is 4.98 Å². The number of carbonyl (C=O) groups is 1. The van der Waals surface area contributed by atoms with Gasteiger partial charge in [0.1, 0.15) is 5.82 Å². The molecule has 0 aromatic carbocycles. The number of aryl methyl sites for hydroxylation is 1. The Morgan fingerprint density at radius 1 is 1.14 bits per heavy atom. The van der Waals surface area contributed by atoms with Crippen LogP contribution in [0.1, 0.15) is 46.2 Å². The fourth-order valence-corrected chi connectivity index (χ4v) is 2.91. The lowest BCUT2D eigenvalue weighted by Gasteiger charge is -2.30. The molecular formula is C20H37IN6O. The molecule has 8 heteroatoms. The minimum atomic E-state index is -0.0689. The lowest BCUT2D eigenvalue weighted by atomic mass is 10.2. The number of pyridine rings is 1. The third-order valence-corrected chi connectivity index (χ3v) is 4.24. The first-order valence-corrected chi connectivity index (χ1v) is 9.77. The molecule has 160 valence electrons. The van der Waals surface area contributed by atoms with E-state index >= 15 is 0 Å². The topological polar surface area (TPSA) is 81.7 Å². The predicted molar refractivity (Wildman–Crippen MR) is 129 cm³/mol. The second kappa shape index (κ2) is 14.6. The van der Waals surface area contributed by atoms with E-state index in [9.17, 15) is 4.79 Å². The summed E-state index contributed by atoms with van der Waals surface area (Å²) in [6.45, 7) is 13.2. The number of hydrogen-bond donors (Lipinski definition) is 3. The SMILES string of the molecule is CN=C(NCCCN(C(C)C)C(C)C)NCCC(=O)Nc1cccc(C)n1.I. The Hall–Kier alpha value is -1.42. The van der Waals surface area contributed by atoms with Crippen LogP contribution < -0.4 is 16.0 Å². The summed E-state index contributed by atoms with van der Waals surface area (Å²) in [4.78, 5) is 22.9. The molecule has 0 unspecified atom stereocenters. The van der Waals surface area contributed by atoms with Crippen LogP contribution in [0.5, 0.6) is 0 Å². The van der Waals surface area contributed by atoms with Crippen molar-refractivity contribution in [3.8, 4) is 0 Å². The molecule has 3 N–H and O–H groups in total. The van der Waals surface area contributed by atoms with Gasteiger partial charge in [-0.05, 0) is 53.2 Å². The van der Waals surface area contributed by atoms with Crippen molar-refractivity contribution in [2.24, 2.45) is 4.99 Å². The van der Waals surface area contributed by atoms with Gasteiger partial charge in [0, 0.05) is 50.9 Å². The van der Waals surface area contributed by atoms with Crippen LogP contribution in [0.4, 0.5) is 5.82 Å². The lowest BCUT2D eigenvalue weighted by molar-refractivity contribution is -0.116. The van der Waals surface area contributed by atoms with Gasteiger partial charge < -0.3 is 16.0 Å². The average Bonchev–Trinajstić information content (AvgIpc) is 2.59. The summed E-state index contributed by atoms with van der Waals surface area (Å²) in [6.07, 6.45) is 1.39. The van der Waals surface area contributed by atoms with Crippen LogP contribution in [0.25, 0.3) is 0 Å². The maximum absolute atomic E-state index is 12.0. The van der Waals surface area contributed by atoms with Crippen LogP contribution in [0.2, 0.25) is 0 Å². The fourth-order valence-electron chi connectivity index (χ4n) is 2.91. The fraction of sp³-hybridized carbons (Fsp3) is 0.650. The minimum absolute atomic E-state index is 0. The van der Waals surface area contributed by atoms with Crippen LogP contribution >= 0.6 is 24.0 Å². The van der Waals surface area contributed by atoms with E-state index in [1.807, 2.05) is 19.1 Å². The Morgan fingerprint density at radius 2 is 1.79 bits per heavy atom. The molecule has 0 aliphatic heterocycles. The first-order valence-electron chi connectivity index (χ1n) is 9.77. The van der Waals surface area contributed by atoms with Crippen molar-refractivity contribution in [3.05, 3.63) is 23.9 Å². The molecule has 0 fully saturated rings. The molecule has 0 radical (unpaired) electrons. The van der Waals surface area contributed by atoms with E-state index in [0.29, 0.717) is 30.9 Å². The monoisotopic (exact) mass is 504 g/mol. The summed E-state index contributed by atoms with van der Waals surface area (Å²) in [5, 5.41) is 9.28.